The standard InChI is InChI=1S/C7H9ClO3/c1-3-11-7(10)4-6(8)5(2)9/h4H,3H2,1-2H3/b6-4-. The van der Waals surface area contributed by atoms with E-state index in [-0.39, 0.29) is 17.4 Å². The summed E-state index contributed by atoms with van der Waals surface area (Å²) in [5.41, 5.74) is 0. The molecule has 0 unspecified atom stereocenters. The van der Waals surface area contributed by atoms with Crippen LogP contribution in [-0.2, 0) is 14.3 Å². The summed E-state index contributed by atoms with van der Waals surface area (Å²) in [7, 11) is 0. The van der Waals surface area contributed by atoms with Gasteiger partial charge in [-0.05, 0) is 6.92 Å². The molecule has 3 nitrogen and oxygen atoms in total. The third-order valence-corrected chi connectivity index (χ3v) is 1.24. The molecule has 0 rings (SSSR count). The van der Waals surface area contributed by atoms with Crippen molar-refractivity contribution in [3.8, 4) is 0 Å². The molecule has 0 heterocycles. The van der Waals surface area contributed by atoms with Gasteiger partial charge in [-0.2, -0.15) is 0 Å². The van der Waals surface area contributed by atoms with Crippen molar-refractivity contribution in [1.82, 2.24) is 0 Å². The van der Waals surface area contributed by atoms with Crippen LogP contribution in [0.25, 0.3) is 0 Å². The first-order valence-corrected chi connectivity index (χ1v) is 3.50. The van der Waals surface area contributed by atoms with E-state index in [9.17, 15) is 9.59 Å². The molecule has 0 aromatic carbocycles. The van der Waals surface area contributed by atoms with Crippen molar-refractivity contribution in [1.29, 1.82) is 0 Å². The first-order valence-electron chi connectivity index (χ1n) is 3.12. The molecule has 62 valence electrons. The molecular weight excluding hydrogens is 168 g/mol. The molecule has 4 heteroatoms. The maximum absolute atomic E-state index is 10.6. The van der Waals surface area contributed by atoms with Gasteiger partial charge < -0.3 is 4.74 Å². The molecule has 0 bridgehead atoms. The highest BCUT2D eigenvalue weighted by molar-refractivity contribution is 6.43. The number of allylic oxidation sites excluding steroid dienone is 1. The van der Waals surface area contributed by atoms with Gasteiger partial charge in [-0.15, -0.1) is 0 Å². The molecule has 0 atom stereocenters. The molecule has 0 fully saturated rings. The van der Waals surface area contributed by atoms with Gasteiger partial charge in [-0.25, -0.2) is 4.79 Å². The van der Waals surface area contributed by atoms with Gasteiger partial charge in [0.1, 0.15) is 0 Å². The number of halogens is 1. The lowest BCUT2D eigenvalue weighted by Crippen LogP contribution is -2.02. The Morgan fingerprint density at radius 3 is 2.45 bits per heavy atom. The molecule has 0 aromatic rings. The fourth-order valence-electron chi connectivity index (χ4n) is 0.389. The summed E-state index contributed by atoms with van der Waals surface area (Å²) in [6, 6.07) is 0. The molecule has 0 N–H and O–H groups in total. The molecule has 0 aromatic heterocycles. The monoisotopic (exact) mass is 176 g/mol. The minimum Gasteiger partial charge on any atom is -0.463 e. The van der Waals surface area contributed by atoms with Gasteiger partial charge in [0, 0.05) is 13.0 Å². The Balaban J connectivity index is 4.08. The Bertz CT molecular complexity index is 196. The van der Waals surface area contributed by atoms with Crippen LogP contribution in [0.15, 0.2) is 11.1 Å². The van der Waals surface area contributed by atoms with Crippen LogP contribution >= 0.6 is 11.6 Å². The van der Waals surface area contributed by atoms with Crippen LogP contribution < -0.4 is 0 Å². The average Bonchev–Trinajstić information content (AvgIpc) is 1.87. The van der Waals surface area contributed by atoms with Gasteiger partial charge in [0.2, 0.25) is 0 Å². The second-order valence-electron chi connectivity index (χ2n) is 1.80. The van der Waals surface area contributed by atoms with Crippen molar-refractivity contribution in [3.05, 3.63) is 11.1 Å². The van der Waals surface area contributed by atoms with Crippen LogP contribution in [-0.4, -0.2) is 18.4 Å². The molecule has 0 aliphatic carbocycles. The minimum atomic E-state index is -0.590. The van der Waals surface area contributed by atoms with Crippen molar-refractivity contribution in [2.45, 2.75) is 13.8 Å². The van der Waals surface area contributed by atoms with Gasteiger partial charge in [0.25, 0.3) is 0 Å². The summed E-state index contributed by atoms with van der Waals surface area (Å²) in [6.45, 7) is 3.23. The molecule has 0 radical (unpaired) electrons. The number of ketones is 1. The van der Waals surface area contributed by atoms with E-state index in [0.29, 0.717) is 0 Å². The Morgan fingerprint density at radius 1 is 1.55 bits per heavy atom. The quantitative estimate of drug-likeness (QED) is 0.480. The highest BCUT2D eigenvalue weighted by atomic mass is 35.5. The van der Waals surface area contributed by atoms with E-state index in [1.807, 2.05) is 0 Å². The van der Waals surface area contributed by atoms with Crippen LogP contribution in [0.2, 0.25) is 0 Å². The van der Waals surface area contributed by atoms with E-state index in [1.165, 1.54) is 6.92 Å². The summed E-state index contributed by atoms with van der Waals surface area (Å²) in [5, 5.41) is -0.108. The highest BCUT2D eigenvalue weighted by Gasteiger charge is 2.03. The van der Waals surface area contributed by atoms with Crippen molar-refractivity contribution in [3.63, 3.8) is 0 Å². The number of ether oxygens (including phenoxy) is 1. The van der Waals surface area contributed by atoms with E-state index in [4.69, 9.17) is 11.6 Å². The topological polar surface area (TPSA) is 43.4 Å². The maximum Gasteiger partial charge on any atom is 0.332 e. The maximum atomic E-state index is 10.6. The molecular formula is C7H9ClO3. The van der Waals surface area contributed by atoms with Gasteiger partial charge >= 0.3 is 5.97 Å². The summed E-state index contributed by atoms with van der Waals surface area (Å²) in [5.74, 6) is -0.938. The lowest BCUT2D eigenvalue weighted by atomic mass is 10.4. The number of hydrogen-bond acceptors (Lipinski definition) is 3. The lowest BCUT2D eigenvalue weighted by molar-refractivity contribution is -0.137. The zero-order chi connectivity index (χ0) is 8.85. The fourth-order valence-corrected chi connectivity index (χ4v) is 0.478. The van der Waals surface area contributed by atoms with Crippen LogP contribution in [0.5, 0.6) is 0 Å². The normalized spacial score (nSPS) is 11.0. The zero-order valence-corrected chi connectivity index (χ0v) is 7.14. The highest BCUT2D eigenvalue weighted by Crippen LogP contribution is 2.02. The number of carbonyl (C=O) groups excluding carboxylic acids is 2. The summed E-state index contributed by atoms with van der Waals surface area (Å²) < 4.78 is 4.51. The third-order valence-electron chi connectivity index (χ3n) is 0.868. The average molecular weight is 177 g/mol. The zero-order valence-electron chi connectivity index (χ0n) is 6.39. The number of carbonyl (C=O) groups is 2. The van der Waals surface area contributed by atoms with E-state index in [1.54, 1.807) is 6.92 Å². The molecule has 0 saturated heterocycles. The molecule has 0 aliphatic heterocycles. The summed E-state index contributed by atoms with van der Waals surface area (Å²) in [4.78, 5) is 21.1. The van der Waals surface area contributed by atoms with Crippen molar-refractivity contribution in [2.75, 3.05) is 6.61 Å². The van der Waals surface area contributed by atoms with Gasteiger partial charge in [0.15, 0.2) is 5.78 Å². The van der Waals surface area contributed by atoms with Gasteiger partial charge in [0.05, 0.1) is 11.6 Å². The smallest absolute Gasteiger partial charge is 0.332 e. The SMILES string of the molecule is CCOC(=O)/C=C(\Cl)C(C)=O. The Kier molecular flexibility index (Phi) is 4.54. The van der Waals surface area contributed by atoms with E-state index < -0.39 is 5.97 Å². The Hall–Kier alpha value is -0.830. The van der Waals surface area contributed by atoms with E-state index in [0.717, 1.165) is 6.08 Å². The number of hydrogen-bond donors (Lipinski definition) is 0. The first-order chi connectivity index (χ1) is 5.07. The molecule has 0 amide bonds. The second-order valence-corrected chi connectivity index (χ2v) is 2.21. The predicted octanol–water partition coefficient (Wildman–Crippen LogP) is 1.26. The molecule has 0 saturated carbocycles. The molecule has 0 spiro atoms. The van der Waals surface area contributed by atoms with Crippen LogP contribution in [0.1, 0.15) is 13.8 Å². The van der Waals surface area contributed by atoms with Crippen molar-refractivity contribution < 1.29 is 14.3 Å². The summed E-state index contributed by atoms with van der Waals surface area (Å²) >= 11 is 5.36. The summed E-state index contributed by atoms with van der Waals surface area (Å²) in [6.07, 6.45) is 0.966. The van der Waals surface area contributed by atoms with Crippen molar-refractivity contribution in [2.24, 2.45) is 0 Å². The van der Waals surface area contributed by atoms with Gasteiger partial charge in [-0.3, -0.25) is 4.79 Å². The largest absolute Gasteiger partial charge is 0.463 e. The number of Topliss-reactive ketones (excluding diaryl/α,β-unsaturated/α-hetero) is 1. The number of esters is 1. The van der Waals surface area contributed by atoms with Crippen LogP contribution in [0.3, 0.4) is 0 Å². The fraction of sp³-hybridized carbons (Fsp3) is 0.429. The first kappa shape index (κ1) is 10.2. The van der Waals surface area contributed by atoms with Gasteiger partial charge in [-0.1, -0.05) is 11.6 Å². The van der Waals surface area contributed by atoms with Crippen LogP contribution in [0.4, 0.5) is 0 Å². The minimum absolute atomic E-state index is 0.108. The van der Waals surface area contributed by atoms with Crippen LogP contribution in [0, 0.1) is 0 Å². The molecule has 11 heavy (non-hydrogen) atoms. The lowest BCUT2D eigenvalue weighted by Gasteiger charge is -1.94. The Labute approximate surface area is 70.0 Å². The van der Waals surface area contributed by atoms with E-state index in [2.05, 4.69) is 4.74 Å². The second kappa shape index (κ2) is 4.91. The Morgan fingerprint density at radius 2 is 2.09 bits per heavy atom. The molecule has 0 aliphatic rings. The third kappa shape index (κ3) is 4.56. The predicted molar refractivity (Wildman–Crippen MR) is 41.3 cm³/mol. The van der Waals surface area contributed by atoms with Crippen molar-refractivity contribution >= 4 is 23.4 Å². The number of rotatable bonds is 3. The van der Waals surface area contributed by atoms with E-state index >= 15 is 0 Å².